The number of epoxide rings is 2. The summed E-state index contributed by atoms with van der Waals surface area (Å²) in [4.78, 5) is 11.8. The molecule has 41 unspecified atom stereocenters. The minimum absolute atomic E-state index is 0. The van der Waals surface area contributed by atoms with E-state index in [1.807, 2.05) is 92.7 Å². The first kappa shape index (κ1) is 165. The number of aromatic nitrogens is 12. The summed E-state index contributed by atoms with van der Waals surface area (Å²) in [6.45, 7) is 16.0. The van der Waals surface area contributed by atoms with Crippen LogP contribution in [-0.4, -0.2) is 156 Å². The van der Waals surface area contributed by atoms with Gasteiger partial charge in [0.25, 0.3) is 15.5 Å². The number of hydrogen-bond donors (Lipinski definition) is 2. The number of nitrogens with zero attached hydrogens (tertiary/aromatic N) is 12. The molecule has 53 atom stereocenters. The maximum atomic E-state index is 12.8. The molecule has 93 heteroatoms. The molecule has 0 radical (unpaired) electrons. The second-order valence-electron chi connectivity index (χ2n) is 31.3. The largest absolute Gasteiger partial charge is 0.393 e. The maximum absolute atomic E-state index is 12.8. The van der Waals surface area contributed by atoms with Gasteiger partial charge in [0, 0.05) is 18.3 Å². The SMILES string of the molecule is C.CCC(=O)[C@@H](C)[C@H]1O[C@@H]1C[C@H](C)CS(=O)(=O)c1nnnn1-c1ccccc1.CC[C@H](O)[C@@H](C)/C=C/C[C@H](C)CS(=O)(=O)c1nnnn1-c1ccccc1.CC[C@H](O)[C@@H](C)[C@H]1O[C@@H]1C[C@H](C)CS(=O)(=O)c1nnnn1-c1ccccc1.PP(P)P(P(P)P)P(P(P)P)P(P(P(P)P)P(P)P)P(P(P(P)P)P(P)P)P(P(P)P)P(P)P.PPP(P(P)P)P(P(P)P)P(P(P(P)P)P(P)P)P(P(P(P)P)P(P)P)P(P(P)P)P(P)P. The fourth-order valence-electron chi connectivity index (χ4n) is 13.1. The lowest BCUT2D eigenvalue weighted by atomic mass is 9.94. The highest BCUT2D eigenvalue weighted by Crippen LogP contribution is 3.42. The van der Waals surface area contributed by atoms with Crippen molar-refractivity contribution in [3.8, 4) is 17.1 Å². The molecule has 0 bridgehead atoms. The zero-order valence-corrected chi connectivity index (χ0v) is 153. The Morgan fingerprint density at radius 1 is 0.365 bits per heavy atom. The van der Waals surface area contributed by atoms with E-state index in [0.29, 0.717) is 55.6 Å². The minimum atomic E-state index is -3.67. The van der Waals surface area contributed by atoms with Crippen LogP contribution in [0.4, 0.5) is 0 Å². The lowest BCUT2D eigenvalue weighted by Crippen LogP contribution is -2.24. The number of carbonyl (C=O) groups is 1. The van der Waals surface area contributed by atoms with Crippen LogP contribution < -0.4 is 0 Å². The molecule has 2 aliphatic rings. The van der Waals surface area contributed by atoms with Gasteiger partial charge >= 0.3 is 0 Å². The van der Waals surface area contributed by atoms with E-state index in [1.165, 1.54) is 14.0 Å². The van der Waals surface area contributed by atoms with Crippen molar-refractivity contribution in [3.63, 3.8) is 0 Å². The zero-order valence-electron chi connectivity index (χ0n) is 81.3. The number of aliphatic hydroxyl groups is 2. The summed E-state index contributed by atoms with van der Waals surface area (Å²) in [7, 11) is 107. The van der Waals surface area contributed by atoms with E-state index in [2.05, 4.69) is 359 Å². The number of allylic oxidation sites excluding steroid dienone is 1. The number of carbonyl (C=O) groups excluding carboxylic acids is 1. The van der Waals surface area contributed by atoms with Crippen LogP contribution in [0.2, 0.25) is 0 Å². The predicted octanol–water partition coefficient (Wildman–Crippen LogP) is 45.2. The van der Waals surface area contributed by atoms with Crippen LogP contribution in [0.5, 0.6) is 0 Å². The normalized spacial score (nSPS) is 18.4. The fraction of sp³-hybridized carbons (Fsp3) is 0.564. The van der Waals surface area contributed by atoms with Gasteiger partial charge < -0.3 is 19.7 Å². The molecule has 0 amide bonds. The van der Waals surface area contributed by atoms with Crippen LogP contribution in [0.15, 0.2) is 119 Å². The van der Waals surface area contributed by atoms with E-state index in [1.54, 1.807) is 72.8 Å². The van der Waals surface area contributed by atoms with Crippen LogP contribution in [0.3, 0.4) is 0 Å². The number of ketones is 1. The van der Waals surface area contributed by atoms with Crippen molar-refractivity contribution in [1.29, 1.82) is 0 Å². The molecule has 850 valence electrons. The zero-order chi connectivity index (χ0) is 112. The van der Waals surface area contributed by atoms with Crippen molar-refractivity contribution in [1.82, 2.24) is 60.6 Å². The summed E-state index contributed by atoms with van der Waals surface area (Å²) in [6.07, 6.45) is 6.60. The first-order valence-corrected chi connectivity index (χ1v) is 168. The molecular formula is C55H151N12O11P67S3. The number of para-hydroxylation sites is 3. The van der Waals surface area contributed by atoms with E-state index in [-0.39, 0.29) is 329 Å². The van der Waals surface area contributed by atoms with E-state index in [4.69, 9.17) is 9.47 Å². The van der Waals surface area contributed by atoms with Gasteiger partial charge in [-0.2, -0.15) is 14.0 Å². The smallest absolute Gasteiger partial charge is 0.272 e. The Hall–Kier alpha value is 22.8. The third-order valence-electron chi connectivity index (χ3n) is 19.6. The van der Waals surface area contributed by atoms with E-state index < -0.39 is 35.6 Å². The van der Waals surface area contributed by atoms with Crippen molar-refractivity contribution in [3.05, 3.63) is 103 Å². The second kappa shape index (κ2) is 85.5. The van der Waals surface area contributed by atoms with Gasteiger partial charge in [-0.25, -0.2) is 25.3 Å². The molecule has 2 aliphatic heterocycles. The van der Waals surface area contributed by atoms with Crippen molar-refractivity contribution in [2.45, 2.75) is 160 Å². The monoisotopic (exact) mass is 3330 g/mol. The number of aliphatic hydroxyl groups excluding tert-OH is 2. The van der Waals surface area contributed by atoms with Gasteiger partial charge in [-0.15, -0.1) is 312 Å². The van der Waals surface area contributed by atoms with E-state index in [9.17, 15) is 40.3 Å². The number of sulfone groups is 3. The highest BCUT2D eigenvalue weighted by Gasteiger charge is 2.56. The Morgan fingerprint density at radius 2 is 0.615 bits per heavy atom. The summed E-state index contributed by atoms with van der Waals surface area (Å²) < 4.78 is 91.7. The van der Waals surface area contributed by atoms with Gasteiger partial charge in [0.05, 0.1) is 70.9 Å². The average Bonchev–Trinajstić information content (AvgIpc) is 0.932. The lowest BCUT2D eigenvalue weighted by molar-refractivity contribution is -0.122. The predicted molar refractivity (Wildman–Crippen MR) is 866 cm³/mol. The Kier molecular flexibility index (Phi) is 95.3. The summed E-state index contributed by atoms with van der Waals surface area (Å²) in [6, 6.07) is 26.8. The number of tetrazole rings is 3. The molecule has 2 N–H and O–H groups in total. The molecule has 8 rings (SSSR count). The van der Waals surface area contributed by atoms with Crippen molar-refractivity contribution >= 4 is 572 Å². The van der Waals surface area contributed by atoms with Gasteiger partial charge in [0.2, 0.25) is 29.5 Å². The van der Waals surface area contributed by atoms with Crippen LogP contribution in [0.25, 0.3) is 17.1 Å². The molecule has 0 aliphatic carbocycles. The molecule has 148 heavy (non-hydrogen) atoms. The Labute approximate surface area is 1000 Å². The molecule has 0 spiro atoms. The summed E-state index contributed by atoms with van der Waals surface area (Å²) >= 11 is 0. The van der Waals surface area contributed by atoms with Gasteiger partial charge in [0.15, 0.2) is 0 Å². The summed E-state index contributed by atoms with van der Waals surface area (Å²) in [5.41, 5.74) is 1.79. The van der Waals surface area contributed by atoms with Crippen LogP contribution >= 0.6 is 537 Å². The third-order valence-corrected chi connectivity index (χ3v) is 471. The molecular weight excluding hydrogens is 3180 g/mol. The number of rotatable bonds is 57. The topological polar surface area (TPSA) is 316 Å². The van der Waals surface area contributed by atoms with E-state index >= 15 is 0 Å². The Bertz CT molecular complexity index is 5060. The molecule has 2 fully saturated rings. The molecule has 2 saturated heterocycles. The minimum Gasteiger partial charge on any atom is -0.393 e. The number of ether oxygens (including phenoxy) is 2. The van der Waals surface area contributed by atoms with Crippen molar-refractivity contribution in [2.24, 2.45) is 35.5 Å². The Balaban J connectivity index is 0.000000476. The first-order valence-electron chi connectivity index (χ1n) is 42.2. The average molecular weight is 3330 g/mol. The van der Waals surface area contributed by atoms with Gasteiger partial charge in [-0.05, 0) is 340 Å². The van der Waals surface area contributed by atoms with Gasteiger partial charge in [-0.3, -0.25) is 4.79 Å². The van der Waals surface area contributed by atoms with Crippen LogP contribution in [0, 0.1) is 35.5 Å². The number of benzene rings is 3. The molecule has 3 aromatic carbocycles. The fourth-order valence-corrected chi connectivity index (χ4v) is 918. The quantitative estimate of drug-likeness (QED) is 0.0203. The highest BCUT2D eigenvalue weighted by molar-refractivity contribution is 9.48. The Morgan fingerprint density at radius 3 is 0.872 bits per heavy atom. The number of hydrogen-bond acceptors (Lipinski definition) is 20. The molecule has 23 nitrogen and oxygen atoms in total. The molecule has 0 saturated carbocycles. The third kappa shape index (κ3) is 55.8. The molecule has 6 aromatic rings. The van der Waals surface area contributed by atoms with Crippen LogP contribution in [0.1, 0.15) is 108 Å². The summed E-state index contributed by atoms with van der Waals surface area (Å²) in [5, 5.41) is 52.5. The highest BCUT2D eigenvalue weighted by atomic mass is 33.5. The number of Topliss-reactive ketones (excluding diaryl/α,β-unsaturated/α-hetero) is 1. The van der Waals surface area contributed by atoms with Crippen LogP contribution in [-0.2, 0) is 43.8 Å². The second-order valence-corrected chi connectivity index (χ2v) is 307. The van der Waals surface area contributed by atoms with Crippen molar-refractivity contribution in [2.75, 3.05) is 17.3 Å². The standard InChI is InChI=1S/C18H26N4O4S.C18H24N4O4S.C18H26N4O3S.CH4.H36P34.H35P33/c2*1-4-15(23)13(3)17-16(26-17)10-12(2)11-27(24,25)18-19-20-21-22(18)14-8-6-5-7-9-14;1-4-17(23)15(3)10-8-9-14(2)13-26(24,25)18-19-20-21-22(18)16-11-6-5-7-12-16;;1-19(2)28(20(3)4)32(27(17)18)34(31(25(13)14)26(15)16)33(29(21(5)6)22(7)8)30(23(9)10)24(11)12;1-18-27(19(2)3)31(26(16)17)33(30(24(12)13)25(14)15)32(28(20(4)5)21(6)7)29(22(8)9)23(10)11/h5-9,12-13,15-17,23H,4,10-11H2,1-3H3;5-9,12-13,16-17H,4,10-11H2,1-3H3;5-8,10-12,14-15,17,23H,4,9,13H2,1-3H3;1H4;1-18H2;18H,1-17H2/b;;10-8+;;;/t12-,13+,15-,16+,17+;12-,13+,16+,17+;14-,15-,17-;;;/m000.../s1. The molecule has 5 heterocycles. The summed E-state index contributed by atoms with van der Waals surface area (Å²) in [5.74, 6) is -0.410. The molecule has 3 aromatic heterocycles. The lowest BCUT2D eigenvalue weighted by Gasteiger charge is -2.54. The maximum Gasteiger partial charge on any atom is 0.272 e. The van der Waals surface area contributed by atoms with E-state index in [0.717, 1.165) is 7.96 Å². The first-order chi connectivity index (χ1) is 68.4. The van der Waals surface area contributed by atoms with Gasteiger partial charge in [0.1, 0.15) is 5.78 Å². The van der Waals surface area contributed by atoms with Crippen molar-refractivity contribution < 1.29 is 49.7 Å². The van der Waals surface area contributed by atoms with Gasteiger partial charge in [-0.1, -0.05) is 160 Å².